The number of aromatic amines is 1. The van der Waals surface area contributed by atoms with E-state index < -0.39 is 0 Å². The van der Waals surface area contributed by atoms with Gasteiger partial charge in [0, 0.05) is 56.0 Å². The molecule has 2 fully saturated rings. The molecular formula is C26H32N6O2. The van der Waals surface area contributed by atoms with Crippen LogP contribution < -0.4 is 10.6 Å². The Morgan fingerprint density at radius 1 is 1.21 bits per heavy atom. The van der Waals surface area contributed by atoms with Gasteiger partial charge in [-0.2, -0.15) is 5.10 Å². The molecule has 1 saturated carbocycles. The first-order valence-electron chi connectivity index (χ1n) is 12.0. The van der Waals surface area contributed by atoms with Crippen LogP contribution in [0.5, 0.6) is 0 Å². The van der Waals surface area contributed by atoms with E-state index in [2.05, 4.69) is 52.4 Å². The molecule has 3 heterocycles. The highest BCUT2D eigenvalue weighted by Crippen LogP contribution is 2.45. The molecular weight excluding hydrogens is 428 g/mol. The lowest BCUT2D eigenvalue weighted by molar-refractivity contribution is -0.134. The minimum absolute atomic E-state index is 0.0916. The molecule has 0 radical (unpaired) electrons. The number of methoxy groups -OCH3 is 1. The van der Waals surface area contributed by atoms with Crippen LogP contribution in [0, 0.1) is 0 Å². The van der Waals surface area contributed by atoms with Crippen molar-refractivity contribution in [1.82, 2.24) is 20.1 Å². The number of nitrogen functional groups attached to an aromatic ring is 1. The molecule has 8 heteroatoms. The molecule has 1 aliphatic carbocycles. The summed E-state index contributed by atoms with van der Waals surface area (Å²) in [5.74, 6) is 1.45. The first-order valence-corrected chi connectivity index (χ1v) is 12.0. The van der Waals surface area contributed by atoms with Crippen molar-refractivity contribution in [3.05, 3.63) is 48.3 Å². The number of rotatable bonds is 7. The molecule has 1 aliphatic heterocycles. The van der Waals surface area contributed by atoms with Crippen molar-refractivity contribution < 1.29 is 9.53 Å². The number of carbonyl (C=O) groups excluding carboxylic acids is 1. The fraction of sp³-hybridized carbons (Fsp3) is 0.423. The molecule has 2 aliphatic rings. The number of benzene rings is 1. The van der Waals surface area contributed by atoms with E-state index >= 15 is 0 Å². The quantitative estimate of drug-likeness (QED) is 0.558. The minimum Gasteiger partial charge on any atom is -0.396 e. The Morgan fingerprint density at radius 2 is 2.03 bits per heavy atom. The Kier molecular flexibility index (Phi) is 6.24. The Bertz CT molecular complexity index is 1160. The third kappa shape index (κ3) is 4.50. The number of amides is 1. The molecule has 1 aromatic carbocycles. The summed E-state index contributed by atoms with van der Waals surface area (Å²) < 4.78 is 5.07. The molecule has 1 saturated heterocycles. The maximum atomic E-state index is 12.5. The SMILES string of the molecule is COCCC(=O)N1CCN(c2nc(C3CC3)c(-c3cccc(-c4cc[nH]n4)c3)cc2N)C[C@H]1C. The van der Waals surface area contributed by atoms with E-state index in [1.165, 1.54) is 0 Å². The number of piperazine rings is 1. The number of pyridine rings is 1. The van der Waals surface area contributed by atoms with Crippen LogP contribution in [-0.4, -0.2) is 65.4 Å². The van der Waals surface area contributed by atoms with Crippen molar-refractivity contribution in [2.45, 2.75) is 38.1 Å². The fourth-order valence-electron chi connectivity index (χ4n) is 4.81. The van der Waals surface area contributed by atoms with Gasteiger partial charge in [-0.3, -0.25) is 9.89 Å². The molecule has 0 bridgehead atoms. The molecule has 5 rings (SSSR count). The number of hydrogen-bond donors (Lipinski definition) is 2. The van der Waals surface area contributed by atoms with E-state index in [9.17, 15) is 4.79 Å². The van der Waals surface area contributed by atoms with Crippen LogP contribution in [0.3, 0.4) is 0 Å². The normalized spacial score (nSPS) is 18.4. The number of H-pyrrole nitrogens is 1. The number of nitrogens with zero attached hydrogens (tertiary/aromatic N) is 4. The van der Waals surface area contributed by atoms with Crippen LogP contribution >= 0.6 is 0 Å². The first kappa shape index (κ1) is 22.4. The lowest BCUT2D eigenvalue weighted by Crippen LogP contribution is -2.54. The number of nitrogens with one attached hydrogen (secondary N) is 1. The summed E-state index contributed by atoms with van der Waals surface area (Å²) >= 11 is 0. The van der Waals surface area contributed by atoms with Gasteiger partial charge in [0.15, 0.2) is 5.82 Å². The molecule has 178 valence electrons. The van der Waals surface area contributed by atoms with Gasteiger partial charge in [-0.15, -0.1) is 0 Å². The number of hydrogen-bond acceptors (Lipinski definition) is 6. The number of carbonyl (C=O) groups is 1. The Labute approximate surface area is 200 Å². The van der Waals surface area contributed by atoms with Gasteiger partial charge in [-0.1, -0.05) is 18.2 Å². The molecule has 34 heavy (non-hydrogen) atoms. The average molecular weight is 461 g/mol. The highest BCUT2D eigenvalue weighted by atomic mass is 16.5. The van der Waals surface area contributed by atoms with Crippen molar-refractivity contribution >= 4 is 17.4 Å². The summed E-state index contributed by atoms with van der Waals surface area (Å²) in [5.41, 5.74) is 12.6. The second-order valence-corrected chi connectivity index (χ2v) is 9.27. The number of ether oxygens (including phenoxy) is 1. The standard InChI is InChI=1S/C26H32N6O2/c1-17-16-31(11-12-32(17)24(33)9-13-34-2)26-22(27)15-21(25(29-26)18-6-7-18)19-4-3-5-20(14-19)23-8-10-28-30-23/h3-5,8,10,14-15,17-18H,6-7,9,11-13,16,27H2,1-2H3,(H,28,30)/t17-/m1/s1. The molecule has 0 spiro atoms. The predicted octanol–water partition coefficient (Wildman–Crippen LogP) is 3.67. The van der Waals surface area contributed by atoms with Crippen LogP contribution in [0.2, 0.25) is 0 Å². The van der Waals surface area contributed by atoms with Gasteiger partial charge in [0.25, 0.3) is 0 Å². The Morgan fingerprint density at radius 3 is 2.74 bits per heavy atom. The smallest absolute Gasteiger partial charge is 0.225 e. The maximum Gasteiger partial charge on any atom is 0.225 e. The van der Waals surface area contributed by atoms with E-state index in [1.54, 1.807) is 7.11 Å². The van der Waals surface area contributed by atoms with Crippen molar-refractivity contribution in [2.75, 3.05) is 44.0 Å². The van der Waals surface area contributed by atoms with Crippen LogP contribution in [0.1, 0.15) is 37.8 Å². The third-order valence-electron chi connectivity index (χ3n) is 6.76. The Balaban J connectivity index is 1.42. The monoisotopic (exact) mass is 460 g/mol. The number of anilines is 2. The van der Waals surface area contributed by atoms with Crippen molar-refractivity contribution in [3.63, 3.8) is 0 Å². The van der Waals surface area contributed by atoms with E-state index in [0.717, 1.165) is 53.3 Å². The fourth-order valence-corrected chi connectivity index (χ4v) is 4.81. The summed E-state index contributed by atoms with van der Waals surface area (Å²) in [7, 11) is 1.62. The maximum absolute atomic E-state index is 12.5. The van der Waals surface area contributed by atoms with E-state index in [1.807, 2.05) is 17.2 Å². The topological polar surface area (TPSA) is 100 Å². The predicted molar refractivity (Wildman–Crippen MR) is 134 cm³/mol. The van der Waals surface area contributed by atoms with Crippen molar-refractivity contribution in [2.24, 2.45) is 0 Å². The van der Waals surface area contributed by atoms with E-state index in [-0.39, 0.29) is 11.9 Å². The van der Waals surface area contributed by atoms with E-state index in [4.69, 9.17) is 15.5 Å². The second-order valence-electron chi connectivity index (χ2n) is 9.27. The third-order valence-corrected chi connectivity index (χ3v) is 6.76. The summed E-state index contributed by atoms with van der Waals surface area (Å²) in [6, 6.07) is 12.5. The van der Waals surface area contributed by atoms with Crippen LogP contribution in [0.4, 0.5) is 11.5 Å². The zero-order valence-corrected chi connectivity index (χ0v) is 19.8. The molecule has 2 aromatic heterocycles. The molecule has 0 unspecified atom stereocenters. The molecule has 3 aromatic rings. The van der Waals surface area contributed by atoms with Crippen molar-refractivity contribution in [1.29, 1.82) is 0 Å². The van der Waals surface area contributed by atoms with Crippen LogP contribution in [0.25, 0.3) is 22.4 Å². The summed E-state index contributed by atoms with van der Waals surface area (Å²) in [6.07, 6.45) is 4.55. The molecule has 3 N–H and O–H groups in total. The summed E-state index contributed by atoms with van der Waals surface area (Å²) in [6.45, 7) is 4.64. The highest BCUT2D eigenvalue weighted by Gasteiger charge is 2.32. The average Bonchev–Trinajstić information content (AvgIpc) is 3.55. The van der Waals surface area contributed by atoms with Gasteiger partial charge in [0.05, 0.1) is 30.1 Å². The largest absolute Gasteiger partial charge is 0.396 e. The lowest BCUT2D eigenvalue weighted by Gasteiger charge is -2.41. The summed E-state index contributed by atoms with van der Waals surface area (Å²) in [4.78, 5) is 21.8. The molecule has 1 amide bonds. The highest BCUT2D eigenvalue weighted by molar-refractivity contribution is 5.80. The van der Waals surface area contributed by atoms with Gasteiger partial charge < -0.3 is 20.3 Å². The van der Waals surface area contributed by atoms with Gasteiger partial charge in [-0.25, -0.2) is 4.98 Å². The number of aromatic nitrogens is 3. The number of nitrogens with two attached hydrogens (primary N) is 1. The van der Waals surface area contributed by atoms with Gasteiger partial charge in [-0.05, 0) is 43.5 Å². The Hall–Kier alpha value is -3.39. The minimum atomic E-state index is 0.0916. The van der Waals surface area contributed by atoms with Gasteiger partial charge in [0.1, 0.15) is 0 Å². The van der Waals surface area contributed by atoms with Crippen LogP contribution in [-0.2, 0) is 9.53 Å². The molecule has 1 atom stereocenters. The zero-order chi connectivity index (χ0) is 23.7. The summed E-state index contributed by atoms with van der Waals surface area (Å²) in [5, 5.41) is 7.20. The van der Waals surface area contributed by atoms with Crippen molar-refractivity contribution in [3.8, 4) is 22.4 Å². The first-order chi connectivity index (χ1) is 16.5. The molecule has 8 nitrogen and oxygen atoms in total. The van der Waals surface area contributed by atoms with Gasteiger partial charge >= 0.3 is 0 Å². The van der Waals surface area contributed by atoms with E-state index in [0.29, 0.717) is 37.7 Å². The zero-order valence-electron chi connectivity index (χ0n) is 19.8. The second kappa shape index (κ2) is 9.46. The van der Waals surface area contributed by atoms with Crippen LogP contribution in [0.15, 0.2) is 42.6 Å². The lowest BCUT2D eigenvalue weighted by atomic mass is 9.98. The van der Waals surface area contributed by atoms with Gasteiger partial charge in [0.2, 0.25) is 5.91 Å².